The predicted molar refractivity (Wildman–Crippen MR) is 119 cm³/mol. The Bertz CT molecular complexity index is 1050. The van der Waals surface area contributed by atoms with E-state index >= 15 is 0 Å². The van der Waals surface area contributed by atoms with Gasteiger partial charge in [-0.2, -0.15) is 0 Å². The first-order valence-corrected chi connectivity index (χ1v) is 11.6. The fourth-order valence-corrected chi connectivity index (χ4v) is 4.13. The van der Waals surface area contributed by atoms with Crippen molar-refractivity contribution in [2.75, 3.05) is 28.6 Å². The molecule has 0 amide bonds. The number of nitrogens with zero attached hydrogens (tertiary/aromatic N) is 1. The van der Waals surface area contributed by atoms with Crippen LogP contribution in [0, 0.1) is 17.0 Å². The Morgan fingerprint density at radius 2 is 1.90 bits per heavy atom. The topological polar surface area (TPSA) is 109 Å². The van der Waals surface area contributed by atoms with Crippen molar-refractivity contribution in [1.82, 2.24) is 0 Å². The largest absolute Gasteiger partial charge is 0.494 e. The zero-order valence-electron chi connectivity index (χ0n) is 17.8. The van der Waals surface area contributed by atoms with E-state index in [1.165, 1.54) is 0 Å². The van der Waals surface area contributed by atoms with Crippen LogP contribution >= 0.6 is 0 Å². The Labute approximate surface area is 181 Å². The Morgan fingerprint density at radius 1 is 1.19 bits per heavy atom. The Balaban J connectivity index is 2.31. The number of nitrogens with two attached hydrogens (primary N) is 1. The normalized spacial score (nSPS) is 11.3. The first-order valence-electron chi connectivity index (χ1n) is 9.97. The summed E-state index contributed by atoms with van der Waals surface area (Å²) in [6.45, 7) is 5.63. The van der Waals surface area contributed by atoms with Gasteiger partial charge in [0.25, 0.3) is 0 Å². The van der Waals surface area contributed by atoms with Crippen molar-refractivity contribution in [3.63, 3.8) is 0 Å². The lowest BCUT2D eigenvalue weighted by Gasteiger charge is -2.22. The standard InChI is InChI=1S/C21H28F2N4O3S/c1-4-9-31(28,29)26-19-8-7-17(22)21(20(19)23)27(25)13-18(24)15-10-14(5-2)11-16(12-15)30-6-3/h7-8,10-12,24,26H,4-6,9,13,25H2,1-3H3. The summed E-state index contributed by atoms with van der Waals surface area (Å²) in [7, 11) is -3.77. The minimum Gasteiger partial charge on any atom is -0.494 e. The molecule has 7 nitrogen and oxygen atoms in total. The molecule has 0 aliphatic rings. The lowest BCUT2D eigenvalue weighted by molar-refractivity contribution is 0.340. The van der Waals surface area contributed by atoms with Gasteiger partial charge in [0.15, 0.2) is 11.6 Å². The second-order valence-electron chi connectivity index (χ2n) is 6.94. The van der Waals surface area contributed by atoms with Gasteiger partial charge in [0.2, 0.25) is 10.0 Å². The Kier molecular flexibility index (Phi) is 8.35. The van der Waals surface area contributed by atoms with E-state index in [1.54, 1.807) is 19.1 Å². The van der Waals surface area contributed by atoms with Crippen molar-refractivity contribution in [2.24, 2.45) is 5.84 Å². The molecule has 31 heavy (non-hydrogen) atoms. The molecule has 2 aromatic carbocycles. The molecule has 0 atom stereocenters. The molecular weight excluding hydrogens is 426 g/mol. The van der Waals surface area contributed by atoms with Gasteiger partial charge >= 0.3 is 0 Å². The molecule has 0 aliphatic carbocycles. The van der Waals surface area contributed by atoms with Crippen LogP contribution in [-0.4, -0.2) is 33.0 Å². The second-order valence-corrected chi connectivity index (χ2v) is 8.78. The van der Waals surface area contributed by atoms with E-state index in [0.717, 1.165) is 29.1 Å². The van der Waals surface area contributed by atoms with E-state index < -0.39 is 33.0 Å². The number of benzene rings is 2. The molecule has 10 heteroatoms. The highest BCUT2D eigenvalue weighted by Crippen LogP contribution is 2.29. The molecule has 0 fully saturated rings. The average Bonchev–Trinajstić information content (AvgIpc) is 2.70. The van der Waals surface area contributed by atoms with Gasteiger partial charge in [0.1, 0.15) is 11.4 Å². The molecule has 0 spiro atoms. The maximum absolute atomic E-state index is 14.9. The molecule has 170 valence electrons. The molecule has 0 saturated carbocycles. The van der Waals surface area contributed by atoms with Crippen LogP contribution in [0.15, 0.2) is 30.3 Å². The van der Waals surface area contributed by atoms with E-state index in [1.807, 2.05) is 19.9 Å². The summed E-state index contributed by atoms with van der Waals surface area (Å²) in [6, 6.07) is 7.25. The van der Waals surface area contributed by atoms with Gasteiger partial charge in [-0.15, -0.1) is 0 Å². The van der Waals surface area contributed by atoms with Crippen LogP contribution in [0.25, 0.3) is 0 Å². The minimum absolute atomic E-state index is 0.0227. The molecule has 0 saturated heterocycles. The summed E-state index contributed by atoms with van der Waals surface area (Å²) in [6.07, 6.45) is 1.06. The molecule has 0 radical (unpaired) electrons. The molecule has 2 aromatic rings. The number of hydrogen-bond acceptors (Lipinski definition) is 6. The maximum atomic E-state index is 14.9. The number of hydrazine groups is 1. The summed E-state index contributed by atoms with van der Waals surface area (Å²) in [5.74, 6) is 4.17. The van der Waals surface area contributed by atoms with Crippen molar-refractivity contribution >= 4 is 27.1 Å². The highest BCUT2D eigenvalue weighted by atomic mass is 32.2. The molecule has 4 N–H and O–H groups in total. The lowest BCUT2D eigenvalue weighted by atomic mass is 10.0. The SMILES string of the molecule is CCCS(=O)(=O)Nc1ccc(F)c(N(N)CC(=N)c2cc(CC)cc(OCC)c2)c1F. The van der Waals surface area contributed by atoms with Crippen molar-refractivity contribution in [3.8, 4) is 5.75 Å². The van der Waals surface area contributed by atoms with E-state index in [4.69, 9.17) is 16.0 Å². The van der Waals surface area contributed by atoms with Crippen LogP contribution in [0.4, 0.5) is 20.2 Å². The first-order chi connectivity index (χ1) is 14.6. The van der Waals surface area contributed by atoms with Gasteiger partial charge < -0.3 is 10.1 Å². The average molecular weight is 455 g/mol. The number of sulfonamides is 1. The highest BCUT2D eigenvalue weighted by Gasteiger charge is 2.22. The highest BCUT2D eigenvalue weighted by molar-refractivity contribution is 7.92. The molecule has 2 rings (SSSR count). The van der Waals surface area contributed by atoms with Crippen LogP contribution in [0.5, 0.6) is 5.75 Å². The number of nitrogens with one attached hydrogen (secondary N) is 2. The zero-order valence-corrected chi connectivity index (χ0v) is 18.7. The lowest BCUT2D eigenvalue weighted by Crippen LogP contribution is -2.37. The van der Waals surface area contributed by atoms with Crippen molar-refractivity contribution in [1.29, 1.82) is 5.41 Å². The van der Waals surface area contributed by atoms with E-state index in [9.17, 15) is 17.2 Å². The van der Waals surface area contributed by atoms with Crippen molar-refractivity contribution in [3.05, 3.63) is 53.1 Å². The van der Waals surface area contributed by atoms with Crippen molar-refractivity contribution < 1.29 is 21.9 Å². The van der Waals surface area contributed by atoms with Gasteiger partial charge in [-0.3, -0.25) is 9.73 Å². The fraction of sp³-hybridized carbons (Fsp3) is 0.381. The number of ether oxygens (including phenoxy) is 1. The number of rotatable bonds is 11. The summed E-state index contributed by atoms with van der Waals surface area (Å²) in [5, 5.41) is 9.12. The second kappa shape index (κ2) is 10.5. The van der Waals surface area contributed by atoms with E-state index in [2.05, 4.69) is 4.72 Å². The minimum atomic E-state index is -3.77. The van der Waals surface area contributed by atoms with E-state index in [-0.39, 0.29) is 18.0 Å². The molecule has 0 heterocycles. The summed E-state index contributed by atoms with van der Waals surface area (Å²) in [5.41, 5.74) is 0.448. The third-order valence-corrected chi connectivity index (χ3v) is 5.93. The number of aryl methyl sites for hydroxylation is 1. The number of halogens is 2. The van der Waals surface area contributed by atoms with Gasteiger partial charge in [-0.1, -0.05) is 13.8 Å². The quantitative estimate of drug-likeness (QED) is 0.272. The third-order valence-electron chi connectivity index (χ3n) is 4.45. The number of anilines is 2. The van der Waals surface area contributed by atoms with Crippen LogP contribution < -0.4 is 20.3 Å². The van der Waals surface area contributed by atoms with Gasteiger partial charge in [0.05, 0.1) is 30.3 Å². The van der Waals surface area contributed by atoms with Gasteiger partial charge in [-0.25, -0.2) is 23.0 Å². The Hall–Kier alpha value is -2.72. The zero-order chi connectivity index (χ0) is 23.2. The summed E-state index contributed by atoms with van der Waals surface area (Å²) >= 11 is 0. The van der Waals surface area contributed by atoms with Crippen LogP contribution in [0.1, 0.15) is 38.3 Å². The van der Waals surface area contributed by atoms with Crippen LogP contribution in [0.3, 0.4) is 0 Å². The van der Waals surface area contributed by atoms with Gasteiger partial charge in [-0.05, 0) is 55.7 Å². The first kappa shape index (κ1) is 24.5. The molecule has 0 unspecified atom stereocenters. The molecule has 0 bridgehead atoms. The summed E-state index contributed by atoms with van der Waals surface area (Å²) < 4.78 is 60.8. The number of hydrogen-bond donors (Lipinski definition) is 3. The summed E-state index contributed by atoms with van der Waals surface area (Å²) in [4.78, 5) is 0. The maximum Gasteiger partial charge on any atom is 0.232 e. The van der Waals surface area contributed by atoms with E-state index in [0.29, 0.717) is 24.3 Å². The smallest absolute Gasteiger partial charge is 0.232 e. The Morgan fingerprint density at radius 3 is 2.52 bits per heavy atom. The molecule has 0 aromatic heterocycles. The van der Waals surface area contributed by atoms with Gasteiger partial charge in [0, 0.05) is 5.56 Å². The molecule has 0 aliphatic heterocycles. The fourth-order valence-electron chi connectivity index (χ4n) is 3.00. The predicted octanol–water partition coefficient (Wildman–Crippen LogP) is 3.83. The monoisotopic (exact) mass is 454 g/mol. The van der Waals surface area contributed by atoms with Crippen molar-refractivity contribution in [2.45, 2.75) is 33.6 Å². The van der Waals surface area contributed by atoms with Crippen LogP contribution in [-0.2, 0) is 16.4 Å². The molecular formula is C21H28F2N4O3S. The van der Waals surface area contributed by atoms with Crippen LogP contribution in [0.2, 0.25) is 0 Å². The third kappa shape index (κ3) is 6.38.